The largest absolute Gasteiger partial charge is 0.350 e. The van der Waals surface area contributed by atoms with E-state index in [1.165, 1.54) is 19.3 Å². The predicted molar refractivity (Wildman–Crippen MR) is 140 cm³/mol. The average molecular weight is 483 g/mol. The van der Waals surface area contributed by atoms with Gasteiger partial charge >= 0.3 is 0 Å². The molecule has 1 saturated heterocycles. The van der Waals surface area contributed by atoms with Crippen LogP contribution in [0.5, 0.6) is 0 Å². The number of pyridine rings is 1. The smallest absolute Gasteiger partial charge is 0.253 e. The molecule has 1 atom stereocenters. The zero-order chi connectivity index (χ0) is 24.1. The molecule has 1 saturated carbocycles. The molecule has 182 valence electrons. The summed E-state index contributed by atoms with van der Waals surface area (Å²) in [4.78, 5) is 25.1. The zero-order valence-electron chi connectivity index (χ0n) is 20.2. The highest BCUT2D eigenvalue weighted by Gasteiger charge is 2.39. The number of carbonyl (C=O) groups excluding carboxylic acids is 1. The lowest BCUT2D eigenvalue weighted by atomic mass is 9.79. The molecule has 8 heteroatoms. The van der Waals surface area contributed by atoms with E-state index >= 15 is 0 Å². The van der Waals surface area contributed by atoms with E-state index in [1.54, 1.807) is 36.8 Å². The highest BCUT2D eigenvalue weighted by atomic mass is 35.5. The first-order valence-electron chi connectivity index (χ1n) is 12.2. The van der Waals surface area contributed by atoms with Crippen LogP contribution in [0, 0.1) is 0 Å². The number of piperazine rings is 1. The van der Waals surface area contributed by atoms with Crippen LogP contribution >= 0.6 is 11.6 Å². The van der Waals surface area contributed by atoms with Gasteiger partial charge in [0.15, 0.2) is 0 Å². The van der Waals surface area contributed by atoms with E-state index in [0.717, 1.165) is 32.5 Å². The fraction of sp³-hybridized carbons (Fsp3) is 0.500. The maximum atomic E-state index is 13.5. The van der Waals surface area contributed by atoms with Gasteiger partial charge in [-0.05, 0) is 38.8 Å². The summed E-state index contributed by atoms with van der Waals surface area (Å²) in [7, 11) is 0. The Morgan fingerprint density at radius 1 is 1.41 bits per heavy atom. The fourth-order valence-electron chi connectivity index (χ4n) is 5.33. The number of hydrogen-bond acceptors (Lipinski definition) is 5. The molecule has 7 nitrogen and oxygen atoms in total. The Labute approximate surface area is 207 Å². The van der Waals surface area contributed by atoms with Gasteiger partial charge < -0.3 is 10.6 Å². The molecule has 34 heavy (non-hydrogen) atoms. The first-order valence-corrected chi connectivity index (χ1v) is 12.6. The summed E-state index contributed by atoms with van der Waals surface area (Å²) >= 11 is 6.55. The van der Waals surface area contributed by atoms with Crippen molar-refractivity contribution in [3.05, 3.63) is 54.0 Å². The molecule has 3 heterocycles. The number of allylic oxidation sites excluding steroid dienone is 2. The van der Waals surface area contributed by atoms with Crippen molar-refractivity contribution in [2.45, 2.75) is 57.5 Å². The maximum absolute atomic E-state index is 13.5. The standard InChI is InChI=1S/C26H35ClN6O/c1-4-5-12-29-20(3)33-17-21(23-22(27)9-13-30-24(23)33)25(34)31-18-26(10-7-6-8-11-26)32-15-14-28-19(2)16-32/h4-5,9,12-13,17,19,28H,1,6-8,10-11,14-16,18H2,2-3H3,(H,31,34)/b12-5-,29-20?/t19-/m0/s1. The second-order valence-electron chi connectivity index (χ2n) is 9.43. The lowest BCUT2D eigenvalue weighted by Gasteiger charge is -2.49. The number of amides is 1. The Bertz CT molecular complexity index is 1100. The van der Waals surface area contributed by atoms with E-state index in [2.05, 4.69) is 39.0 Å². The highest BCUT2D eigenvalue weighted by molar-refractivity contribution is 6.36. The highest BCUT2D eigenvalue weighted by Crippen LogP contribution is 2.34. The van der Waals surface area contributed by atoms with Gasteiger partial charge in [-0.15, -0.1) is 0 Å². The van der Waals surface area contributed by atoms with Crippen LogP contribution in [0.3, 0.4) is 0 Å². The minimum atomic E-state index is -0.124. The number of rotatable bonds is 6. The van der Waals surface area contributed by atoms with Gasteiger partial charge in [-0.2, -0.15) is 0 Å². The summed E-state index contributed by atoms with van der Waals surface area (Å²) < 4.78 is 1.82. The third-order valence-electron chi connectivity index (χ3n) is 7.11. The van der Waals surface area contributed by atoms with E-state index in [9.17, 15) is 4.79 Å². The molecule has 1 amide bonds. The zero-order valence-corrected chi connectivity index (χ0v) is 20.9. The summed E-state index contributed by atoms with van der Waals surface area (Å²) in [5.41, 5.74) is 1.15. The molecular formula is C26H35ClN6O. The minimum absolute atomic E-state index is 0.0115. The molecule has 0 aromatic carbocycles. The second kappa shape index (κ2) is 10.8. The molecule has 0 radical (unpaired) electrons. The molecule has 0 bridgehead atoms. The van der Waals surface area contributed by atoms with Gasteiger partial charge in [0.1, 0.15) is 11.5 Å². The van der Waals surface area contributed by atoms with Crippen LogP contribution in [-0.2, 0) is 0 Å². The van der Waals surface area contributed by atoms with E-state index in [4.69, 9.17) is 11.6 Å². The van der Waals surface area contributed by atoms with Gasteiger partial charge in [-0.1, -0.05) is 43.5 Å². The Balaban J connectivity index is 1.61. The first kappa shape index (κ1) is 24.6. The number of carbonyl (C=O) groups is 1. The average Bonchev–Trinajstić information content (AvgIpc) is 3.24. The van der Waals surface area contributed by atoms with Gasteiger partial charge in [0.2, 0.25) is 0 Å². The van der Waals surface area contributed by atoms with Crippen LogP contribution in [0.15, 0.2) is 48.4 Å². The Morgan fingerprint density at radius 3 is 2.94 bits per heavy atom. The summed E-state index contributed by atoms with van der Waals surface area (Å²) in [6.07, 6.45) is 14.4. The number of nitrogens with zero attached hydrogens (tertiary/aromatic N) is 4. The van der Waals surface area contributed by atoms with Crippen LogP contribution in [0.4, 0.5) is 0 Å². The Hall–Kier alpha value is -2.48. The molecule has 1 aliphatic heterocycles. The van der Waals surface area contributed by atoms with Crippen molar-refractivity contribution in [1.82, 2.24) is 25.1 Å². The molecule has 0 unspecified atom stereocenters. The summed E-state index contributed by atoms with van der Waals surface area (Å²) in [5, 5.41) is 7.98. The molecule has 2 aromatic rings. The molecule has 1 aliphatic carbocycles. The molecule has 4 rings (SSSR count). The van der Waals surface area contributed by atoms with Crippen LogP contribution in [0.2, 0.25) is 5.02 Å². The van der Waals surface area contributed by atoms with Gasteiger partial charge in [0.05, 0.1) is 16.0 Å². The van der Waals surface area contributed by atoms with Gasteiger partial charge in [-0.3, -0.25) is 14.3 Å². The number of fused-ring (bicyclic) bond motifs is 1. The summed E-state index contributed by atoms with van der Waals surface area (Å²) in [5.74, 6) is 0.566. The lowest BCUT2D eigenvalue weighted by molar-refractivity contribution is 0.0273. The molecule has 2 N–H and O–H groups in total. The van der Waals surface area contributed by atoms with Crippen molar-refractivity contribution in [2.24, 2.45) is 4.99 Å². The van der Waals surface area contributed by atoms with Crippen molar-refractivity contribution >= 4 is 34.4 Å². The minimum Gasteiger partial charge on any atom is -0.350 e. The third kappa shape index (κ3) is 5.11. The van der Waals surface area contributed by atoms with Crippen LogP contribution in [0.25, 0.3) is 11.0 Å². The normalized spacial score (nSPS) is 21.7. The van der Waals surface area contributed by atoms with Crippen molar-refractivity contribution in [3.8, 4) is 0 Å². The number of halogens is 1. The third-order valence-corrected chi connectivity index (χ3v) is 7.43. The van der Waals surface area contributed by atoms with Crippen LogP contribution in [-0.4, -0.2) is 64.0 Å². The molecular weight excluding hydrogens is 448 g/mol. The summed E-state index contributed by atoms with van der Waals surface area (Å²) in [6.45, 7) is 11.4. The molecule has 2 aliphatic rings. The van der Waals surface area contributed by atoms with E-state index < -0.39 is 0 Å². The number of hydrogen-bond donors (Lipinski definition) is 2. The van der Waals surface area contributed by atoms with Crippen molar-refractivity contribution < 1.29 is 4.79 Å². The Morgan fingerprint density at radius 2 is 2.21 bits per heavy atom. The van der Waals surface area contributed by atoms with Crippen molar-refractivity contribution in [1.29, 1.82) is 0 Å². The number of nitrogens with one attached hydrogen (secondary N) is 2. The lowest BCUT2D eigenvalue weighted by Crippen LogP contribution is -2.63. The maximum Gasteiger partial charge on any atom is 0.253 e. The van der Waals surface area contributed by atoms with Crippen LogP contribution in [0.1, 0.15) is 56.3 Å². The monoisotopic (exact) mass is 482 g/mol. The quantitative estimate of drug-likeness (QED) is 0.364. The van der Waals surface area contributed by atoms with E-state index in [0.29, 0.717) is 40.0 Å². The fourth-order valence-corrected chi connectivity index (χ4v) is 5.57. The second-order valence-corrected chi connectivity index (χ2v) is 9.83. The molecule has 2 fully saturated rings. The van der Waals surface area contributed by atoms with Crippen LogP contribution < -0.4 is 10.6 Å². The van der Waals surface area contributed by atoms with Crippen molar-refractivity contribution in [3.63, 3.8) is 0 Å². The van der Waals surface area contributed by atoms with Gasteiger partial charge in [0.25, 0.3) is 5.91 Å². The van der Waals surface area contributed by atoms with E-state index in [1.807, 2.05) is 11.5 Å². The topological polar surface area (TPSA) is 74.6 Å². The molecule has 0 spiro atoms. The predicted octanol–water partition coefficient (Wildman–Crippen LogP) is 4.38. The van der Waals surface area contributed by atoms with Crippen molar-refractivity contribution in [2.75, 3.05) is 26.2 Å². The SMILES string of the molecule is C=C/C=C\N=C(C)n1cc(C(=O)NCC2(N3CCN[C@@H](C)C3)CCCCC2)c2c(Cl)ccnc21. The van der Waals surface area contributed by atoms with E-state index in [-0.39, 0.29) is 11.4 Å². The number of aromatic nitrogens is 2. The Kier molecular flexibility index (Phi) is 7.86. The molecule has 2 aromatic heterocycles. The van der Waals surface area contributed by atoms with Gasteiger partial charge in [-0.25, -0.2) is 9.98 Å². The summed E-state index contributed by atoms with van der Waals surface area (Å²) in [6, 6.07) is 2.18. The van der Waals surface area contributed by atoms with Gasteiger partial charge in [0, 0.05) is 56.4 Å². The number of aliphatic imine (C=N–C) groups is 1. The first-order chi connectivity index (χ1) is 16.4.